The van der Waals surface area contributed by atoms with Gasteiger partial charge in [-0.2, -0.15) is 0 Å². The number of carbonyl (C=O) groups is 1. The van der Waals surface area contributed by atoms with Crippen molar-refractivity contribution in [1.82, 2.24) is 0 Å². The van der Waals surface area contributed by atoms with E-state index in [9.17, 15) is 4.79 Å². The molecule has 0 atom stereocenters. The van der Waals surface area contributed by atoms with Gasteiger partial charge in [-0.15, -0.1) is 0 Å². The quantitative estimate of drug-likeness (QED) is 0.237. The van der Waals surface area contributed by atoms with Crippen LogP contribution in [-0.4, -0.2) is 25.1 Å². The van der Waals surface area contributed by atoms with Gasteiger partial charge in [-0.1, -0.05) is 6.92 Å². The van der Waals surface area contributed by atoms with E-state index in [2.05, 4.69) is 43.5 Å². The number of cyclic esters (lactones) is 1. The number of rotatable bonds is 7. The maximum absolute atomic E-state index is 12.3. The number of halogens is 2. The van der Waals surface area contributed by atoms with Crippen molar-refractivity contribution in [2.24, 2.45) is 4.99 Å². The van der Waals surface area contributed by atoms with Crippen LogP contribution >= 0.6 is 38.5 Å². The smallest absolute Gasteiger partial charge is 0.363 e. The molecule has 29 heavy (non-hydrogen) atoms. The summed E-state index contributed by atoms with van der Waals surface area (Å²) in [6.45, 7) is 7.06. The van der Waals surface area contributed by atoms with Gasteiger partial charge in [0, 0.05) is 9.13 Å². The third-order valence-corrected chi connectivity index (χ3v) is 5.91. The zero-order valence-corrected chi connectivity index (χ0v) is 20.2. The fourth-order valence-electron chi connectivity index (χ4n) is 2.75. The first-order valence-electron chi connectivity index (χ1n) is 9.31. The van der Waals surface area contributed by atoms with E-state index >= 15 is 0 Å². The molecule has 0 unspecified atom stereocenters. The molecule has 3 rings (SSSR count). The Hall–Kier alpha value is -1.87. The van der Waals surface area contributed by atoms with Crippen molar-refractivity contribution in [3.8, 4) is 11.5 Å². The van der Waals surface area contributed by atoms with Crippen molar-refractivity contribution in [2.75, 3.05) is 13.2 Å². The number of carbonyl (C=O) groups excluding carboxylic acids is 1. The number of nitrogens with zero attached hydrogens (tertiary/aromatic N) is 1. The van der Waals surface area contributed by atoms with Gasteiger partial charge in [-0.05, 0) is 106 Å². The molecule has 0 saturated heterocycles. The van der Waals surface area contributed by atoms with E-state index in [0.29, 0.717) is 30.6 Å². The van der Waals surface area contributed by atoms with Gasteiger partial charge in [-0.3, -0.25) is 0 Å². The molecule has 7 heteroatoms. The minimum atomic E-state index is -0.475. The first-order chi connectivity index (χ1) is 13.9. The van der Waals surface area contributed by atoms with Crippen LogP contribution in [0, 0.1) is 10.5 Å². The maximum atomic E-state index is 12.3. The SMILES string of the molecule is CCCOc1c(Br)cc(/C=C2\N=C(c3ccc(I)c(C)c3)OC2=O)cc1OCC. The average molecular weight is 570 g/mol. The van der Waals surface area contributed by atoms with Gasteiger partial charge in [0.05, 0.1) is 17.7 Å². The Balaban J connectivity index is 1.95. The summed E-state index contributed by atoms with van der Waals surface area (Å²) in [6, 6.07) is 9.54. The third kappa shape index (κ3) is 5.19. The van der Waals surface area contributed by atoms with E-state index in [1.807, 2.05) is 51.1 Å². The van der Waals surface area contributed by atoms with Crippen LogP contribution < -0.4 is 9.47 Å². The molecule has 1 aliphatic heterocycles. The number of hydrogen-bond acceptors (Lipinski definition) is 5. The summed E-state index contributed by atoms with van der Waals surface area (Å²) in [6.07, 6.45) is 2.58. The predicted molar refractivity (Wildman–Crippen MR) is 126 cm³/mol. The topological polar surface area (TPSA) is 57.1 Å². The summed E-state index contributed by atoms with van der Waals surface area (Å²) >= 11 is 5.80. The van der Waals surface area contributed by atoms with E-state index in [1.165, 1.54) is 0 Å². The Labute approximate surface area is 192 Å². The van der Waals surface area contributed by atoms with Crippen molar-refractivity contribution >= 4 is 56.5 Å². The molecular formula is C22H21BrINO4. The second-order valence-electron chi connectivity index (χ2n) is 6.41. The lowest BCUT2D eigenvalue weighted by atomic mass is 10.1. The highest BCUT2D eigenvalue weighted by atomic mass is 127. The second kappa shape index (κ2) is 9.75. The van der Waals surface area contributed by atoms with Gasteiger partial charge >= 0.3 is 5.97 Å². The molecule has 0 spiro atoms. The molecular weight excluding hydrogens is 549 g/mol. The van der Waals surface area contributed by atoms with Gasteiger partial charge < -0.3 is 14.2 Å². The lowest BCUT2D eigenvalue weighted by molar-refractivity contribution is -0.129. The Bertz CT molecular complexity index is 1000. The maximum Gasteiger partial charge on any atom is 0.363 e. The summed E-state index contributed by atoms with van der Waals surface area (Å²) in [5, 5.41) is 0. The lowest BCUT2D eigenvalue weighted by Gasteiger charge is -2.14. The van der Waals surface area contributed by atoms with Gasteiger partial charge in [0.1, 0.15) is 0 Å². The van der Waals surface area contributed by atoms with Crippen LogP contribution in [0.2, 0.25) is 0 Å². The highest BCUT2D eigenvalue weighted by molar-refractivity contribution is 14.1. The molecule has 0 fully saturated rings. The number of aliphatic imine (C=N–C) groups is 1. The van der Waals surface area contributed by atoms with E-state index in [1.54, 1.807) is 6.08 Å². The number of ether oxygens (including phenoxy) is 3. The molecule has 2 aromatic rings. The van der Waals surface area contributed by atoms with Gasteiger partial charge in [0.15, 0.2) is 17.2 Å². The van der Waals surface area contributed by atoms with Crippen molar-refractivity contribution < 1.29 is 19.0 Å². The monoisotopic (exact) mass is 569 g/mol. The van der Waals surface area contributed by atoms with E-state index in [-0.39, 0.29) is 5.70 Å². The Morgan fingerprint density at radius 1 is 1.21 bits per heavy atom. The van der Waals surface area contributed by atoms with E-state index in [0.717, 1.165) is 31.2 Å². The van der Waals surface area contributed by atoms with E-state index in [4.69, 9.17) is 14.2 Å². The predicted octanol–water partition coefficient (Wildman–Crippen LogP) is 5.89. The molecule has 0 amide bonds. The minimum absolute atomic E-state index is 0.243. The van der Waals surface area contributed by atoms with Crippen molar-refractivity contribution in [3.05, 3.63) is 60.8 Å². The standard InChI is InChI=1S/C22H21BrINO4/c1-4-8-28-20-16(23)10-14(12-19(20)27-5-2)11-18-22(26)29-21(25-18)15-6-7-17(24)13(3)9-15/h6-7,9-12H,4-5,8H2,1-3H3/b18-11-. The summed E-state index contributed by atoms with van der Waals surface area (Å²) in [5.74, 6) is 1.11. The summed E-state index contributed by atoms with van der Waals surface area (Å²) in [7, 11) is 0. The first kappa shape index (κ1) is 21.8. The largest absolute Gasteiger partial charge is 0.490 e. The molecule has 152 valence electrons. The summed E-state index contributed by atoms with van der Waals surface area (Å²) in [5.41, 5.74) is 2.89. The Morgan fingerprint density at radius 3 is 2.69 bits per heavy atom. The van der Waals surface area contributed by atoms with Crippen LogP contribution in [0.3, 0.4) is 0 Å². The first-order valence-corrected chi connectivity index (χ1v) is 11.2. The van der Waals surface area contributed by atoms with Gasteiger partial charge in [0.25, 0.3) is 0 Å². The number of hydrogen-bond donors (Lipinski definition) is 0. The highest BCUT2D eigenvalue weighted by Gasteiger charge is 2.25. The zero-order valence-electron chi connectivity index (χ0n) is 16.4. The average Bonchev–Trinajstić information content (AvgIpc) is 3.04. The number of aryl methyl sites for hydroxylation is 1. The molecule has 0 aromatic heterocycles. The van der Waals surface area contributed by atoms with Crippen molar-refractivity contribution in [1.29, 1.82) is 0 Å². The second-order valence-corrected chi connectivity index (χ2v) is 8.43. The molecule has 0 radical (unpaired) electrons. The van der Waals surface area contributed by atoms with Crippen LogP contribution in [0.25, 0.3) is 6.08 Å². The van der Waals surface area contributed by atoms with Crippen LogP contribution in [0.4, 0.5) is 0 Å². The molecule has 2 aromatic carbocycles. The fourth-order valence-corrected chi connectivity index (χ4v) is 3.66. The molecule has 5 nitrogen and oxygen atoms in total. The Morgan fingerprint density at radius 2 is 2.00 bits per heavy atom. The Kier molecular flexibility index (Phi) is 7.34. The highest BCUT2D eigenvalue weighted by Crippen LogP contribution is 2.38. The van der Waals surface area contributed by atoms with Crippen LogP contribution in [0.5, 0.6) is 11.5 Å². The third-order valence-electron chi connectivity index (χ3n) is 4.11. The molecule has 1 aliphatic rings. The van der Waals surface area contributed by atoms with Crippen LogP contribution in [0.1, 0.15) is 37.0 Å². The minimum Gasteiger partial charge on any atom is -0.490 e. The number of benzene rings is 2. The molecule has 0 aliphatic carbocycles. The molecule has 0 bridgehead atoms. The fraction of sp³-hybridized carbons (Fsp3) is 0.273. The van der Waals surface area contributed by atoms with Crippen LogP contribution in [-0.2, 0) is 9.53 Å². The zero-order chi connectivity index (χ0) is 21.0. The van der Waals surface area contributed by atoms with Gasteiger partial charge in [-0.25, -0.2) is 9.79 Å². The molecule has 1 heterocycles. The lowest BCUT2D eigenvalue weighted by Crippen LogP contribution is -2.05. The van der Waals surface area contributed by atoms with E-state index < -0.39 is 5.97 Å². The summed E-state index contributed by atoms with van der Waals surface area (Å²) < 4.78 is 18.8. The van der Waals surface area contributed by atoms with Crippen molar-refractivity contribution in [2.45, 2.75) is 27.2 Å². The molecule has 0 N–H and O–H groups in total. The molecule has 0 saturated carbocycles. The van der Waals surface area contributed by atoms with Crippen LogP contribution in [0.15, 0.2) is 45.5 Å². The normalized spacial score (nSPS) is 14.7. The van der Waals surface area contributed by atoms with Crippen molar-refractivity contribution in [3.63, 3.8) is 0 Å². The summed E-state index contributed by atoms with van der Waals surface area (Å²) in [4.78, 5) is 16.7. The van der Waals surface area contributed by atoms with Gasteiger partial charge in [0.2, 0.25) is 5.90 Å². The number of esters is 1.